The molecule has 53 heavy (non-hydrogen) atoms. The zero-order valence-electron chi connectivity index (χ0n) is 31.4. The van der Waals surface area contributed by atoms with Crippen LogP contribution in [0.4, 0.5) is 17.1 Å². The van der Waals surface area contributed by atoms with E-state index in [9.17, 15) is 0 Å². The van der Waals surface area contributed by atoms with E-state index in [1.54, 1.807) is 5.56 Å². The average Bonchev–Trinajstić information content (AvgIpc) is 3.92. The quantitative estimate of drug-likeness (QED) is 0.161. The summed E-state index contributed by atoms with van der Waals surface area (Å²) in [6.45, 7) is 4.89. The van der Waals surface area contributed by atoms with E-state index >= 15 is 0 Å². The van der Waals surface area contributed by atoms with E-state index in [0.29, 0.717) is 5.92 Å². The molecule has 10 rings (SSSR count). The predicted molar refractivity (Wildman–Crippen MR) is 224 cm³/mol. The Hall–Kier alpha value is -4.88. The topological polar surface area (TPSA) is 3.24 Å². The molecule has 0 aliphatic heterocycles. The summed E-state index contributed by atoms with van der Waals surface area (Å²) < 4.78 is 0. The molecule has 1 heteroatoms. The molecule has 2 bridgehead atoms. The van der Waals surface area contributed by atoms with Crippen LogP contribution in [0.25, 0.3) is 33.4 Å². The van der Waals surface area contributed by atoms with Crippen molar-refractivity contribution in [3.8, 4) is 33.4 Å². The highest BCUT2D eigenvalue weighted by Gasteiger charge is 2.42. The van der Waals surface area contributed by atoms with Gasteiger partial charge in [0.15, 0.2) is 0 Å². The summed E-state index contributed by atoms with van der Waals surface area (Å²) in [6, 6.07) is 53.4. The zero-order chi connectivity index (χ0) is 35.5. The number of fused-ring (bicyclic) bond motifs is 5. The van der Waals surface area contributed by atoms with Gasteiger partial charge < -0.3 is 4.90 Å². The number of anilines is 3. The summed E-state index contributed by atoms with van der Waals surface area (Å²) in [6.07, 6.45) is 12.3. The third-order valence-electron chi connectivity index (χ3n) is 13.7. The Kier molecular flexibility index (Phi) is 8.16. The minimum atomic E-state index is -0.197. The lowest BCUT2D eigenvalue weighted by molar-refractivity contribution is 0.420. The van der Waals surface area contributed by atoms with Crippen molar-refractivity contribution >= 4 is 17.1 Å². The van der Waals surface area contributed by atoms with Crippen molar-refractivity contribution in [3.63, 3.8) is 0 Å². The fourth-order valence-electron chi connectivity index (χ4n) is 11.2. The van der Waals surface area contributed by atoms with Gasteiger partial charge in [0, 0.05) is 22.4 Å². The van der Waals surface area contributed by atoms with Gasteiger partial charge in [-0.3, -0.25) is 0 Å². The minimum Gasteiger partial charge on any atom is -0.310 e. The highest BCUT2D eigenvalue weighted by molar-refractivity contribution is 6.01. The summed E-state index contributed by atoms with van der Waals surface area (Å²) in [5.41, 5.74) is 17.4. The fourth-order valence-corrected chi connectivity index (χ4v) is 11.2. The first kappa shape index (κ1) is 32.7. The Labute approximate surface area is 316 Å². The van der Waals surface area contributed by atoms with E-state index in [2.05, 4.69) is 158 Å². The van der Waals surface area contributed by atoms with Gasteiger partial charge in [-0.25, -0.2) is 0 Å². The lowest BCUT2D eigenvalue weighted by atomic mass is 9.78. The van der Waals surface area contributed by atoms with Crippen molar-refractivity contribution in [2.75, 3.05) is 4.90 Å². The van der Waals surface area contributed by atoms with Crippen molar-refractivity contribution in [2.45, 2.75) is 88.9 Å². The molecule has 1 nitrogen and oxygen atoms in total. The van der Waals surface area contributed by atoms with E-state index in [4.69, 9.17) is 0 Å². The van der Waals surface area contributed by atoms with E-state index in [-0.39, 0.29) is 5.41 Å². The molecule has 0 aromatic heterocycles. The molecule has 0 amide bonds. The van der Waals surface area contributed by atoms with Crippen LogP contribution in [0.1, 0.15) is 106 Å². The van der Waals surface area contributed by atoms with Gasteiger partial charge in [-0.15, -0.1) is 0 Å². The van der Waals surface area contributed by atoms with Crippen LogP contribution < -0.4 is 4.90 Å². The maximum Gasteiger partial charge on any atom is 0.0543 e. The van der Waals surface area contributed by atoms with Gasteiger partial charge in [0.05, 0.1) is 5.69 Å². The van der Waals surface area contributed by atoms with Crippen LogP contribution in [0.5, 0.6) is 0 Å². The molecular formula is C52H51N. The summed E-state index contributed by atoms with van der Waals surface area (Å²) in [5, 5.41) is 0. The highest BCUT2D eigenvalue weighted by atomic mass is 15.1. The molecule has 3 fully saturated rings. The van der Waals surface area contributed by atoms with E-state index in [1.165, 1.54) is 125 Å². The van der Waals surface area contributed by atoms with Crippen LogP contribution in [-0.4, -0.2) is 0 Å². The van der Waals surface area contributed by atoms with E-state index < -0.39 is 0 Å². The number of rotatable bonds is 7. The smallest absolute Gasteiger partial charge is 0.0543 e. The molecule has 0 N–H and O–H groups in total. The molecule has 0 heterocycles. The molecule has 4 aliphatic rings. The van der Waals surface area contributed by atoms with Gasteiger partial charge in [-0.1, -0.05) is 149 Å². The Bertz CT molecular complexity index is 2260. The monoisotopic (exact) mass is 689 g/mol. The van der Waals surface area contributed by atoms with Gasteiger partial charge in [0.2, 0.25) is 0 Å². The largest absolute Gasteiger partial charge is 0.310 e. The van der Waals surface area contributed by atoms with Gasteiger partial charge in [-0.05, 0) is 136 Å². The van der Waals surface area contributed by atoms with E-state index in [0.717, 1.165) is 17.8 Å². The first-order valence-electron chi connectivity index (χ1n) is 20.5. The Balaban J connectivity index is 1.19. The minimum absolute atomic E-state index is 0.197. The second kappa shape index (κ2) is 13.2. The van der Waals surface area contributed by atoms with Gasteiger partial charge in [-0.2, -0.15) is 0 Å². The molecule has 3 saturated carbocycles. The molecule has 3 unspecified atom stereocenters. The zero-order valence-corrected chi connectivity index (χ0v) is 31.4. The number of nitrogens with zero attached hydrogens (tertiary/aromatic N) is 1. The van der Waals surface area contributed by atoms with E-state index in [1.807, 2.05) is 0 Å². The Morgan fingerprint density at radius 2 is 1.26 bits per heavy atom. The number of benzene rings is 6. The molecule has 0 saturated heterocycles. The van der Waals surface area contributed by atoms with Crippen LogP contribution in [-0.2, 0) is 5.41 Å². The fraction of sp³-hybridized carbons (Fsp3) is 0.308. The van der Waals surface area contributed by atoms with Crippen molar-refractivity contribution < 1.29 is 0 Å². The summed E-state index contributed by atoms with van der Waals surface area (Å²) >= 11 is 0. The molecule has 0 radical (unpaired) electrons. The second-order valence-corrected chi connectivity index (χ2v) is 17.1. The molecule has 6 aromatic rings. The maximum absolute atomic E-state index is 2.59. The van der Waals surface area contributed by atoms with Gasteiger partial charge >= 0.3 is 0 Å². The predicted octanol–water partition coefficient (Wildman–Crippen LogP) is 14.7. The van der Waals surface area contributed by atoms with Crippen molar-refractivity contribution in [1.29, 1.82) is 0 Å². The lowest BCUT2D eigenvalue weighted by Crippen LogP contribution is -2.19. The number of hydrogen-bond donors (Lipinski definition) is 0. The van der Waals surface area contributed by atoms with Crippen LogP contribution >= 0.6 is 0 Å². The van der Waals surface area contributed by atoms with Crippen molar-refractivity contribution in [2.24, 2.45) is 11.8 Å². The second-order valence-electron chi connectivity index (χ2n) is 17.1. The molecule has 6 aromatic carbocycles. The van der Waals surface area contributed by atoms with Crippen molar-refractivity contribution in [3.05, 3.63) is 162 Å². The summed E-state index contributed by atoms with van der Waals surface area (Å²) in [4.78, 5) is 2.59. The standard InChI is InChI=1S/C52H51N/c1-52(2)47-23-13-22-44(37-16-8-4-9-17-37)50(47)45-30-31-48(49(51(45)52)39-18-10-5-11-19-39)53(43-21-12-20-40(34-43)36-14-6-3-7-15-36)42-28-26-38(27-29-42)46-33-35-24-25-41(46)32-35/h4-5,8-13,16-23,26-31,34-36,41,46H,3,6-7,14-15,24-25,32-33H2,1-2H3. The van der Waals surface area contributed by atoms with Crippen LogP contribution in [0.15, 0.2) is 140 Å². The highest BCUT2D eigenvalue weighted by Crippen LogP contribution is 2.58. The first-order valence-corrected chi connectivity index (χ1v) is 20.5. The number of hydrogen-bond acceptors (Lipinski definition) is 1. The molecular weight excluding hydrogens is 639 g/mol. The Morgan fingerprint density at radius 1 is 0.528 bits per heavy atom. The normalized spacial score (nSPS) is 21.4. The third-order valence-corrected chi connectivity index (χ3v) is 13.7. The van der Waals surface area contributed by atoms with Gasteiger partial charge in [0.1, 0.15) is 0 Å². The van der Waals surface area contributed by atoms with Gasteiger partial charge in [0.25, 0.3) is 0 Å². The SMILES string of the molecule is CC1(C)c2cccc(-c3ccccc3)c2-c2ccc(N(c3ccc(C4CC5CCC4C5)cc3)c3cccc(C4CCCCC4)c3)c(-c3ccccc3)c21. The third kappa shape index (κ3) is 5.58. The summed E-state index contributed by atoms with van der Waals surface area (Å²) in [7, 11) is 0. The molecule has 0 spiro atoms. The van der Waals surface area contributed by atoms with Crippen LogP contribution in [0.3, 0.4) is 0 Å². The average molecular weight is 690 g/mol. The molecule has 264 valence electrons. The maximum atomic E-state index is 2.59. The lowest BCUT2D eigenvalue weighted by Gasteiger charge is -2.33. The molecule has 4 aliphatic carbocycles. The first-order chi connectivity index (χ1) is 26.0. The van der Waals surface area contributed by atoms with Crippen LogP contribution in [0, 0.1) is 11.8 Å². The van der Waals surface area contributed by atoms with Crippen LogP contribution in [0.2, 0.25) is 0 Å². The summed E-state index contributed by atoms with van der Waals surface area (Å²) in [5.74, 6) is 3.19. The van der Waals surface area contributed by atoms with Crippen molar-refractivity contribution in [1.82, 2.24) is 0 Å². The molecule has 3 atom stereocenters. The Morgan fingerprint density at radius 3 is 1.98 bits per heavy atom.